The average molecular weight is 270 g/mol. The summed E-state index contributed by atoms with van der Waals surface area (Å²) in [5.74, 6) is 0.674. The summed E-state index contributed by atoms with van der Waals surface area (Å²) in [6.07, 6.45) is 3.15. The van der Waals surface area contributed by atoms with E-state index in [1.165, 1.54) is 6.20 Å². The van der Waals surface area contributed by atoms with E-state index in [1.807, 2.05) is 25.1 Å². The highest BCUT2D eigenvalue weighted by Crippen LogP contribution is 2.12. The first kappa shape index (κ1) is 13.9. The molecule has 2 aromatic heterocycles. The van der Waals surface area contributed by atoms with Gasteiger partial charge in [-0.2, -0.15) is 0 Å². The minimum Gasteiger partial charge on any atom is -0.382 e. The highest BCUT2D eigenvalue weighted by atomic mass is 15.2. The topological polar surface area (TPSA) is 91.8 Å². The summed E-state index contributed by atoms with van der Waals surface area (Å²) < 4.78 is 0. The number of nitrogen functional groups attached to an aromatic ring is 1. The van der Waals surface area contributed by atoms with Gasteiger partial charge in [-0.25, -0.2) is 9.97 Å². The van der Waals surface area contributed by atoms with Gasteiger partial charge in [0.25, 0.3) is 0 Å². The first-order valence-electron chi connectivity index (χ1n) is 6.44. The predicted octanol–water partition coefficient (Wildman–Crippen LogP) is 1.49. The Morgan fingerprint density at radius 2 is 2.10 bits per heavy atom. The first-order chi connectivity index (χ1) is 9.60. The highest BCUT2D eigenvalue weighted by Gasteiger charge is 2.09. The number of hydrogen-bond acceptors (Lipinski definition) is 5. The lowest BCUT2D eigenvalue weighted by Gasteiger charge is -2.21. The number of nitrogens with zero attached hydrogens (tertiary/aromatic N) is 4. The molecule has 6 nitrogen and oxygen atoms in total. The maximum Gasteiger partial charge on any atom is 0.147 e. The second-order valence-electron chi connectivity index (χ2n) is 4.46. The smallest absolute Gasteiger partial charge is 0.147 e. The number of aromatic nitrogens is 3. The summed E-state index contributed by atoms with van der Waals surface area (Å²) >= 11 is 0. The van der Waals surface area contributed by atoms with Crippen LogP contribution in [0.3, 0.4) is 0 Å². The van der Waals surface area contributed by atoms with Crippen molar-refractivity contribution >= 4 is 11.7 Å². The molecule has 6 heteroatoms. The van der Waals surface area contributed by atoms with E-state index in [2.05, 4.69) is 26.8 Å². The summed E-state index contributed by atoms with van der Waals surface area (Å²) in [6.45, 7) is 5.49. The van der Waals surface area contributed by atoms with Crippen LogP contribution in [0.2, 0.25) is 0 Å². The van der Waals surface area contributed by atoms with E-state index in [0.717, 1.165) is 23.8 Å². The fraction of sp³-hybridized carbons (Fsp3) is 0.286. The molecule has 3 N–H and O–H groups in total. The second kappa shape index (κ2) is 6.10. The van der Waals surface area contributed by atoms with E-state index in [0.29, 0.717) is 12.2 Å². The van der Waals surface area contributed by atoms with Gasteiger partial charge in [0.15, 0.2) is 0 Å². The average Bonchev–Trinajstić information content (AvgIpc) is 2.45. The van der Waals surface area contributed by atoms with Crippen molar-refractivity contribution in [3.05, 3.63) is 47.7 Å². The van der Waals surface area contributed by atoms with Gasteiger partial charge in [0.1, 0.15) is 17.3 Å². The molecule has 0 unspecified atom stereocenters. The molecule has 0 atom stereocenters. The van der Waals surface area contributed by atoms with Crippen LogP contribution in [-0.2, 0) is 6.54 Å². The van der Waals surface area contributed by atoms with Crippen molar-refractivity contribution in [2.75, 3.05) is 11.4 Å². The Hall–Kier alpha value is -2.50. The van der Waals surface area contributed by atoms with Gasteiger partial charge < -0.3 is 10.6 Å². The molecule has 20 heavy (non-hydrogen) atoms. The first-order valence-corrected chi connectivity index (χ1v) is 6.44. The summed E-state index contributed by atoms with van der Waals surface area (Å²) in [5, 5.41) is 7.31. The zero-order chi connectivity index (χ0) is 14.5. The molecule has 0 aromatic carbocycles. The van der Waals surface area contributed by atoms with Crippen molar-refractivity contribution in [1.29, 1.82) is 5.41 Å². The van der Waals surface area contributed by atoms with Gasteiger partial charge in [0.05, 0.1) is 24.6 Å². The van der Waals surface area contributed by atoms with Crippen LogP contribution in [0, 0.1) is 12.3 Å². The Balaban J connectivity index is 2.17. The Morgan fingerprint density at radius 1 is 1.30 bits per heavy atom. The Bertz CT molecular complexity index is 593. The van der Waals surface area contributed by atoms with Crippen LogP contribution in [-0.4, -0.2) is 27.3 Å². The Labute approximate surface area is 118 Å². The van der Waals surface area contributed by atoms with Crippen molar-refractivity contribution in [2.24, 2.45) is 5.73 Å². The van der Waals surface area contributed by atoms with Gasteiger partial charge in [-0.15, -0.1) is 0 Å². The maximum absolute atomic E-state index is 7.31. The lowest BCUT2D eigenvalue weighted by atomic mass is 10.3. The van der Waals surface area contributed by atoms with E-state index in [4.69, 9.17) is 11.1 Å². The molecule has 0 aliphatic carbocycles. The molecule has 0 saturated heterocycles. The third kappa shape index (κ3) is 3.28. The van der Waals surface area contributed by atoms with Gasteiger partial charge in [-0.1, -0.05) is 6.07 Å². The van der Waals surface area contributed by atoms with Crippen molar-refractivity contribution in [2.45, 2.75) is 20.4 Å². The van der Waals surface area contributed by atoms with Gasteiger partial charge in [0, 0.05) is 12.2 Å². The number of amidine groups is 1. The van der Waals surface area contributed by atoms with Crippen LogP contribution in [0.25, 0.3) is 0 Å². The number of nitrogens with two attached hydrogens (primary N) is 1. The lowest BCUT2D eigenvalue weighted by molar-refractivity contribution is 0.786. The molecular weight excluding hydrogens is 252 g/mol. The number of nitrogens with one attached hydrogen (secondary N) is 1. The Morgan fingerprint density at radius 3 is 2.65 bits per heavy atom. The normalized spacial score (nSPS) is 10.3. The zero-order valence-electron chi connectivity index (χ0n) is 11.7. The van der Waals surface area contributed by atoms with Crippen molar-refractivity contribution < 1.29 is 0 Å². The van der Waals surface area contributed by atoms with Gasteiger partial charge in [-0.3, -0.25) is 10.4 Å². The molecule has 0 amide bonds. The second-order valence-corrected chi connectivity index (χ2v) is 4.46. The van der Waals surface area contributed by atoms with E-state index < -0.39 is 0 Å². The van der Waals surface area contributed by atoms with Crippen LogP contribution >= 0.6 is 0 Å². The van der Waals surface area contributed by atoms with Crippen LogP contribution in [0.1, 0.15) is 24.0 Å². The minimum atomic E-state index is -0.0764. The fourth-order valence-corrected chi connectivity index (χ4v) is 1.86. The molecule has 0 saturated carbocycles. The quantitative estimate of drug-likeness (QED) is 0.634. The summed E-state index contributed by atoms with van der Waals surface area (Å²) in [7, 11) is 0. The number of pyridine rings is 1. The summed E-state index contributed by atoms with van der Waals surface area (Å²) in [6, 6.07) is 5.96. The number of hydrogen-bond donors (Lipinski definition) is 2. The molecule has 0 aliphatic heterocycles. The van der Waals surface area contributed by atoms with Crippen LogP contribution < -0.4 is 10.6 Å². The molecule has 2 aromatic rings. The summed E-state index contributed by atoms with van der Waals surface area (Å²) in [5.41, 5.74) is 7.74. The van der Waals surface area contributed by atoms with Crippen LogP contribution in [0.15, 0.2) is 30.6 Å². The van der Waals surface area contributed by atoms with E-state index in [1.54, 1.807) is 6.20 Å². The number of rotatable bonds is 5. The molecule has 0 aliphatic rings. The van der Waals surface area contributed by atoms with Crippen LogP contribution in [0.5, 0.6) is 0 Å². The SMILES string of the molecule is CCN(Cc1cccc(C)n1)c1cnc(C(=N)N)cn1. The third-order valence-electron chi connectivity index (χ3n) is 2.92. The van der Waals surface area contributed by atoms with Crippen LogP contribution in [0.4, 0.5) is 5.82 Å². The number of anilines is 1. The van der Waals surface area contributed by atoms with E-state index in [9.17, 15) is 0 Å². The molecule has 0 bridgehead atoms. The van der Waals surface area contributed by atoms with E-state index >= 15 is 0 Å². The summed E-state index contributed by atoms with van der Waals surface area (Å²) in [4.78, 5) is 15.0. The minimum absolute atomic E-state index is 0.0764. The molecular formula is C14H18N6. The molecule has 0 radical (unpaired) electrons. The monoisotopic (exact) mass is 270 g/mol. The molecule has 0 fully saturated rings. The molecule has 2 rings (SSSR count). The Kier molecular flexibility index (Phi) is 4.24. The lowest BCUT2D eigenvalue weighted by Crippen LogP contribution is -2.24. The van der Waals surface area contributed by atoms with Crippen molar-refractivity contribution in [3.8, 4) is 0 Å². The third-order valence-corrected chi connectivity index (χ3v) is 2.92. The molecule has 104 valence electrons. The van der Waals surface area contributed by atoms with Crippen molar-refractivity contribution in [3.63, 3.8) is 0 Å². The van der Waals surface area contributed by atoms with Gasteiger partial charge >= 0.3 is 0 Å². The maximum atomic E-state index is 7.31. The van der Waals surface area contributed by atoms with E-state index in [-0.39, 0.29) is 5.84 Å². The molecule has 0 spiro atoms. The van der Waals surface area contributed by atoms with Crippen molar-refractivity contribution in [1.82, 2.24) is 15.0 Å². The number of aryl methyl sites for hydroxylation is 1. The predicted molar refractivity (Wildman–Crippen MR) is 78.7 cm³/mol. The largest absolute Gasteiger partial charge is 0.382 e. The van der Waals surface area contributed by atoms with Gasteiger partial charge in [-0.05, 0) is 26.0 Å². The highest BCUT2D eigenvalue weighted by molar-refractivity contribution is 5.92. The fourth-order valence-electron chi connectivity index (χ4n) is 1.86. The van der Waals surface area contributed by atoms with Gasteiger partial charge in [0.2, 0.25) is 0 Å². The molecule has 2 heterocycles. The standard InChI is InChI=1S/C14H18N6/c1-3-20(9-11-6-4-5-10(2)19-11)13-8-17-12(7-18-13)14(15)16/h4-8H,3,9H2,1-2H3,(H3,15,16). The zero-order valence-corrected chi connectivity index (χ0v) is 11.7.